The van der Waals surface area contributed by atoms with Gasteiger partial charge in [-0.1, -0.05) is 23.7 Å². The van der Waals surface area contributed by atoms with E-state index in [1.54, 1.807) is 24.4 Å². The molecule has 0 radical (unpaired) electrons. The Balaban J connectivity index is 1.93. The van der Waals surface area contributed by atoms with Gasteiger partial charge in [0.05, 0.1) is 11.5 Å². The van der Waals surface area contributed by atoms with Gasteiger partial charge < -0.3 is 15.0 Å². The molecule has 1 aromatic heterocycles. The van der Waals surface area contributed by atoms with E-state index < -0.39 is 16.9 Å². The smallest absolute Gasteiger partial charge is 0.341 e. The zero-order chi connectivity index (χ0) is 21.2. The van der Waals surface area contributed by atoms with E-state index in [1.807, 2.05) is 26.0 Å². The Kier molecular flexibility index (Phi) is 6.55. The third-order valence-corrected chi connectivity index (χ3v) is 7.18. The second-order valence-electron chi connectivity index (χ2n) is 6.86. The fourth-order valence-corrected chi connectivity index (χ4v) is 5.39. The zero-order valence-electron chi connectivity index (χ0n) is 16.2. The molecule has 1 atom stereocenters. The van der Waals surface area contributed by atoms with Crippen molar-refractivity contribution < 1.29 is 19.1 Å². The van der Waals surface area contributed by atoms with E-state index in [0.29, 0.717) is 33.3 Å². The summed E-state index contributed by atoms with van der Waals surface area (Å²) in [5.41, 5.74) is 1.75. The van der Waals surface area contributed by atoms with Crippen LogP contribution in [0.1, 0.15) is 31.1 Å². The number of ether oxygens (including phenoxy) is 1. The van der Waals surface area contributed by atoms with Crippen molar-refractivity contribution in [1.29, 1.82) is 0 Å². The minimum absolute atomic E-state index is 0.217. The number of thioether (sulfide) groups is 1. The van der Waals surface area contributed by atoms with Gasteiger partial charge in [-0.3, -0.25) is 9.59 Å². The van der Waals surface area contributed by atoms with Gasteiger partial charge in [-0.05, 0) is 38.5 Å². The summed E-state index contributed by atoms with van der Waals surface area (Å²) in [7, 11) is 0. The molecule has 0 aliphatic carbocycles. The number of halogens is 1. The van der Waals surface area contributed by atoms with E-state index >= 15 is 0 Å². The Morgan fingerprint density at radius 1 is 1.34 bits per heavy atom. The number of rotatable bonds is 6. The Morgan fingerprint density at radius 3 is 2.66 bits per heavy atom. The van der Waals surface area contributed by atoms with Crippen molar-refractivity contribution >= 4 is 58.0 Å². The lowest BCUT2D eigenvalue weighted by molar-refractivity contribution is -0.130. The predicted molar refractivity (Wildman–Crippen MR) is 118 cm³/mol. The Labute approximate surface area is 182 Å². The van der Waals surface area contributed by atoms with Crippen LogP contribution in [0.3, 0.4) is 0 Å². The first kappa shape index (κ1) is 21.7. The average molecular weight is 453 g/mol. The number of carbonyl (C=O) groups excluding carboxylic acids is 3. The molecule has 1 fully saturated rings. The lowest BCUT2D eigenvalue weighted by atomic mass is 10.0. The Bertz CT molecular complexity index is 927. The van der Waals surface area contributed by atoms with Crippen LogP contribution >= 0.6 is 34.7 Å². The van der Waals surface area contributed by atoms with Crippen LogP contribution in [0.2, 0.25) is 5.02 Å². The van der Waals surface area contributed by atoms with Crippen molar-refractivity contribution in [1.82, 2.24) is 4.90 Å². The zero-order valence-corrected chi connectivity index (χ0v) is 18.6. The summed E-state index contributed by atoms with van der Waals surface area (Å²) in [5, 5.41) is 5.63. The van der Waals surface area contributed by atoms with Gasteiger partial charge in [-0.25, -0.2) is 4.79 Å². The Morgan fingerprint density at radius 2 is 2.03 bits per heavy atom. The summed E-state index contributed by atoms with van der Waals surface area (Å²) in [4.78, 5) is 38.1. The highest BCUT2D eigenvalue weighted by Crippen LogP contribution is 2.40. The number of nitrogens with zero attached hydrogens (tertiary/aromatic N) is 1. The molecule has 2 amide bonds. The van der Waals surface area contributed by atoms with Gasteiger partial charge in [0.1, 0.15) is 16.6 Å². The number of benzene rings is 1. The maximum atomic E-state index is 12.9. The molecular formula is C20H21ClN2O4S2. The summed E-state index contributed by atoms with van der Waals surface area (Å²) >= 11 is 8.75. The first-order valence-corrected chi connectivity index (χ1v) is 11.3. The van der Waals surface area contributed by atoms with Crippen LogP contribution in [0.15, 0.2) is 29.6 Å². The number of esters is 1. The van der Waals surface area contributed by atoms with Crippen LogP contribution in [0.25, 0.3) is 11.1 Å². The topological polar surface area (TPSA) is 75.7 Å². The molecule has 154 valence electrons. The highest BCUT2D eigenvalue weighted by molar-refractivity contribution is 8.00. The highest BCUT2D eigenvalue weighted by atomic mass is 35.5. The Hall–Kier alpha value is -2.03. The van der Waals surface area contributed by atoms with E-state index in [9.17, 15) is 14.4 Å². The van der Waals surface area contributed by atoms with Crippen LogP contribution in [0.4, 0.5) is 5.00 Å². The maximum Gasteiger partial charge on any atom is 0.341 e. The van der Waals surface area contributed by atoms with Gasteiger partial charge in [0.15, 0.2) is 0 Å². The standard InChI is InChI=1S/C20H21ClN2O4S2/c1-4-27-19(26)16-14(12-5-7-13(21)8-6-12)9-28-18(16)22-17(25)15-10-29-20(2,3)23(15)11-24/h5-9,11,15H,4,10H2,1-3H3,(H,22,25). The van der Waals surface area contributed by atoms with Crippen molar-refractivity contribution in [3.63, 3.8) is 0 Å². The number of hydrogen-bond acceptors (Lipinski definition) is 6. The molecule has 2 aromatic rings. The van der Waals surface area contributed by atoms with Crippen LogP contribution in [0, 0.1) is 0 Å². The molecule has 2 heterocycles. The number of carbonyl (C=O) groups is 3. The van der Waals surface area contributed by atoms with Crippen molar-refractivity contribution in [2.45, 2.75) is 31.7 Å². The predicted octanol–water partition coefficient (Wildman–Crippen LogP) is 4.49. The van der Waals surface area contributed by atoms with Crippen molar-refractivity contribution in [2.24, 2.45) is 0 Å². The van der Waals surface area contributed by atoms with E-state index in [1.165, 1.54) is 28.0 Å². The molecule has 0 spiro atoms. The lowest BCUT2D eigenvalue weighted by Crippen LogP contribution is -2.47. The first-order chi connectivity index (χ1) is 13.8. The molecule has 1 aliphatic rings. The van der Waals surface area contributed by atoms with Gasteiger partial charge in [0.2, 0.25) is 12.3 Å². The largest absolute Gasteiger partial charge is 0.462 e. The lowest BCUT2D eigenvalue weighted by Gasteiger charge is -2.30. The molecular weight excluding hydrogens is 432 g/mol. The van der Waals surface area contributed by atoms with E-state index in [-0.39, 0.29) is 12.5 Å². The highest BCUT2D eigenvalue weighted by Gasteiger charge is 2.43. The van der Waals surface area contributed by atoms with E-state index in [4.69, 9.17) is 16.3 Å². The molecule has 1 aliphatic heterocycles. The number of anilines is 1. The van der Waals surface area contributed by atoms with Gasteiger partial charge in [-0.2, -0.15) is 0 Å². The summed E-state index contributed by atoms with van der Waals surface area (Å²) in [5.74, 6) is -0.352. The summed E-state index contributed by atoms with van der Waals surface area (Å²) < 4.78 is 5.21. The molecule has 0 saturated carbocycles. The summed E-state index contributed by atoms with van der Waals surface area (Å²) in [6.45, 7) is 5.74. The van der Waals surface area contributed by atoms with Crippen molar-refractivity contribution in [3.05, 3.63) is 40.2 Å². The minimum atomic E-state index is -0.608. The molecule has 3 rings (SSSR count). The van der Waals surface area contributed by atoms with Gasteiger partial charge in [0, 0.05) is 21.7 Å². The normalized spacial score (nSPS) is 17.8. The van der Waals surface area contributed by atoms with Crippen LogP contribution < -0.4 is 5.32 Å². The molecule has 0 bridgehead atoms. The fourth-order valence-electron chi connectivity index (χ4n) is 3.11. The van der Waals surface area contributed by atoms with Crippen LogP contribution in [-0.2, 0) is 14.3 Å². The second kappa shape index (κ2) is 8.77. The minimum Gasteiger partial charge on any atom is -0.462 e. The molecule has 1 aromatic carbocycles. The van der Waals surface area contributed by atoms with Crippen LogP contribution in [-0.4, -0.2) is 46.5 Å². The first-order valence-electron chi connectivity index (χ1n) is 9.01. The van der Waals surface area contributed by atoms with Crippen molar-refractivity contribution in [2.75, 3.05) is 17.7 Å². The molecule has 9 heteroatoms. The molecule has 29 heavy (non-hydrogen) atoms. The number of thiophene rings is 1. The van der Waals surface area contributed by atoms with E-state index in [0.717, 1.165) is 5.56 Å². The van der Waals surface area contributed by atoms with E-state index in [2.05, 4.69) is 5.32 Å². The third kappa shape index (κ3) is 4.44. The molecule has 1 N–H and O–H groups in total. The molecule has 1 saturated heterocycles. The third-order valence-electron chi connectivity index (χ3n) is 4.63. The quantitative estimate of drug-likeness (QED) is 0.516. The average Bonchev–Trinajstić information content (AvgIpc) is 3.22. The molecule has 1 unspecified atom stereocenters. The fraction of sp³-hybridized carbons (Fsp3) is 0.350. The number of hydrogen-bond donors (Lipinski definition) is 1. The monoisotopic (exact) mass is 452 g/mol. The molecule has 6 nitrogen and oxygen atoms in total. The SMILES string of the molecule is CCOC(=O)c1c(-c2ccc(Cl)cc2)csc1NC(=O)C1CSC(C)(C)N1C=O. The van der Waals surface area contributed by atoms with Gasteiger partial charge in [0.25, 0.3) is 0 Å². The number of nitrogens with one attached hydrogen (secondary N) is 1. The van der Waals surface area contributed by atoms with Crippen molar-refractivity contribution in [3.8, 4) is 11.1 Å². The number of amides is 2. The van der Waals surface area contributed by atoms with Crippen LogP contribution in [0.5, 0.6) is 0 Å². The summed E-state index contributed by atoms with van der Waals surface area (Å²) in [6.07, 6.45) is 0.698. The van der Waals surface area contributed by atoms with Gasteiger partial charge in [-0.15, -0.1) is 23.1 Å². The van der Waals surface area contributed by atoms with Gasteiger partial charge >= 0.3 is 5.97 Å². The maximum absolute atomic E-state index is 12.9. The second-order valence-corrected chi connectivity index (χ2v) is 9.79. The summed E-state index contributed by atoms with van der Waals surface area (Å²) in [6, 6.07) is 6.48.